The number of carbonyl (C=O) groups is 1. The van der Waals surface area contributed by atoms with Crippen molar-refractivity contribution >= 4 is 22.6 Å². The van der Waals surface area contributed by atoms with Gasteiger partial charge in [0.05, 0.1) is 17.3 Å². The second-order valence-electron chi connectivity index (χ2n) is 10.6. The minimum atomic E-state index is -0.822. The molecular weight excluding hydrogens is 464 g/mol. The molecule has 2 saturated carbocycles. The number of amides is 1. The van der Waals surface area contributed by atoms with Crippen LogP contribution in [-0.2, 0) is 11.8 Å². The zero-order valence-corrected chi connectivity index (χ0v) is 21.7. The summed E-state index contributed by atoms with van der Waals surface area (Å²) in [5.74, 6) is 1.87. The lowest BCUT2D eigenvalue weighted by molar-refractivity contribution is -0.145. The Morgan fingerprint density at radius 2 is 1.89 bits per heavy atom. The molecule has 37 heavy (non-hydrogen) atoms. The van der Waals surface area contributed by atoms with Crippen molar-refractivity contribution in [3.05, 3.63) is 36.3 Å². The lowest BCUT2D eigenvalue weighted by Crippen LogP contribution is -2.58. The van der Waals surface area contributed by atoms with Gasteiger partial charge in [-0.25, -0.2) is 9.97 Å². The van der Waals surface area contributed by atoms with E-state index in [0.717, 1.165) is 34.6 Å². The smallest absolute Gasteiger partial charge is 0.243 e. The molecule has 0 N–H and O–H groups in total. The second kappa shape index (κ2) is 9.82. The molecule has 9 nitrogen and oxygen atoms in total. The fraction of sp³-hybridized carbons (Fsp3) is 0.500. The summed E-state index contributed by atoms with van der Waals surface area (Å²) in [5.41, 5.74) is 1.96. The highest BCUT2D eigenvalue weighted by Gasteiger charge is 2.48. The molecule has 2 aromatic heterocycles. The number of piperazine rings is 1. The van der Waals surface area contributed by atoms with Gasteiger partial charge in [-0.3, -0.25) is 9.48 Å². The number of fused-ring (bicyclic) bond motifs is 1. The maximum absolute atomic E-state index is 13.1. The monoisotopic (exact) mass is 496 g/mol. The normalized spacial score (nSPS) is 20.3. The van der Waals surface area contributed by atoms with Gasteiger partial charge in [-0.05, 0) is 38.2 Å². The molecule has 190 valence electrons. The molecule has 3 aromatic rings. The van der Waals surface area contributed by atoms with Crippen LogP contribution >= 0.6 is 0 Å². The van der Waals surface area contributed by atoms with E-state index in [2.05, 4.69) is 39.0 Å². The summed E-state index contributed by atoms with van der Waals surface area (Å²) in [6, 6.07) is 12.0. The van der Waals surface area contributed by atoms with Gasteiger partial charge < -0.3 is 9.80 Å². The lowest BCUT2D eigenvalue weighted by Gasteiger charge is -2.45. The van der Waals surface area contributed by atoms with Crippen molar-refractivity contribution in [2.75, 3.05) is 24.5 Å². The Morgan fingerprint density at radius 1 is 1.14 bits per heavy atom. The van der Waals surface area contributed by atoms with Crippen molar-refractivity contribution < 1.29 is 4.79 Å². The van der Waals surface area contributed by atoms with Gasteiger partial charge in [-0.2, -0.15) is 15.6 Å². The summed E-state index contributed by atoms with van der Waals surface area (Å²) < 4.78 is 1.56. The van der Waals surface area contributed by atoms with Crippen LogP contribution in [0.15, 0.2) is 30.6 Å². The molecule has 0 bridgehead atoms. The van der Waals surface area contributed by atoms with Gasteiger partial charge in [0.15, 0.2) is 0 Å². The van der Waals surface area contributed by atoms with Crippen molar-refractivity contribution in [3.8, 4) is 23.4 Å². The van der Waals surface area contributed by atoms with Crippen molar-refractivity contribution in [2.45, 2.75) is 52.0 Å². The van der Waals surface area contributed by atoms with Crippen molar-refractivity contribution in [3.63, 3.8) is 0 Å². The summed E-state index contributed by atoms with van der Waals surface area (Å²) in [4.78, 5) is 26.2. The minimum absolute atomic E-state index is 0.0262. The first-order valence-corrected chi connectivity index (χ1v) is 13.0. The Balaban J connectivity index is 0.000000640. The summed E-state index contributed by atoms with van der Waals surface area (Å²) in [6.07, 6.45) is 6.79. The van der Waals surface area contributed by atoms with E-state index < -0.39 is 5.41 Å². The van der Waals surface area contributed by atoms with E-state index >= 15 is 0 Å². The Kier molecular flexibility index (Phi) is 6.55. The highest BCUT2D eigenvalue weighted by Crippen LogP contribution is 2.42. The third-order valence-electron chi connectivity index (χ3n) is 7.80. The van der Waals surface area contributed by atoms with Gasteiger partial charge in [-0.15, -0.1) is 0 Å². The maximum Gasteiger partial charge on any atom is 0.243 e. The highest BCUT2D eigenvalue weighted by molar-refractivity contribution is 5.98. The molecule has 1 amide bonds. The van der Waals surface area contributed by atoms with Crippen molar-refractivity contribution in [1.29, 1.82) is 10.5 Å². The molecule has 3 aliphatic rings. The topological polar surface area (TPSA) is 115 Å². The molecule has 2 aliphatic carbocycles. The van der Waals surface area contributed by atoms with Crippen LogP contribution in [-0.4, -0.2) is 56.2 Å². The minimum Gasteiger partial charge on any atom is -0.352 e. The number of aryl methyl sites for hydroxylation is 1. The Morgan fingerprint density at radius 3 is 2.46 bits per heavy atom. The first kappa shape index (κ1) is 24.7. The van der Waals surface area contributed by atoms with Crippen LogP contribution in [0.25, 0.3) is 22.2 Å². The van der Waals surface area contributed by atoms with Gasteiger partial charge in [0.2, 0.25) is 5.91 Å². The highest BCUT2D eigenvalue weighted by atomic mass is 16.2. The van der Waals surface area contributed by atoms with Crippen LogP contribution < -0.4 is 4.90 Å². The fourth-order valence-electron chi connectivity index (χ4n) is 5.03. The van der Waals surface area contributed by atoms with Gasteiger partial charge in [0.25, 0.3) is 0 Å². The number of anilines is 1. The van der Waals surface area contributed by atoms with E-state index in [1.165, 1.54) is 12.8 Å². The molecule has 9 heteroatoms. The number of para-hydroxylation sites is 1. The number of aromatic nitrogens is 4. The molecule has 0 spiro atoms. The van der Waals surface area contributed by atoms with Gasteiger partial charge >= 0.3 is 0 Å². The molecule has 1 atom stereocenters. The number of nitriles is 2. The van der Waals surface area contributed by atoms with Crippen LogP contribution in [0.4, 0.5) is 5.82 Å². The van der Waals surface area contributed by atoms with E-state index in [9.17, 15) is 15.3 Å². The molecule has 1 aromatic carbocycles. The summed E-state index contributed by atoms with van der Waals surface area (Å²) in [7, 11) is 1.75. The largest absolute Gasteiger partial charge is 0.352 e. The predicted molar refractivity (Wildman–Crippen MR) is 140 cm³/mol. The molecule has 1 saturated heterocycles. The third kappa shape index (κ3) is 4.62. The number of benzene rings is 1. The third-order valence-corrected chi connectivity index (χ3v) is 7.80. The van der Waals surface area contributed by atoms with Crippen molar-refractivity contribution in [1.82, 2.24) is 24.6 Å². The number of nitrogens with zero attached hydrogens (tertiary/aromatic N) is 8. The fourth-order valence-corrected chi connectivity index (χ4v) is 5.03. The van der Waals surface area contributed by atoms with E-state index in [1.807, 2.05) is 30.0 Å². The maximum atomic E-state index is 13.1. The quantitative estimate of drug-likeness (QED) is 0.537. The average molecular weight is 497 g/mol. The standard InChI is InChI=1S/C24H24N8O.C4H8/c1-16-13-31(9-10-32(16)23(33)24(14-26)7-4-8-24)22-19-6-3-5-18(21(19)27-15-28-22)20-11-17(12-25)30(2)29-20;1-4-2-3-4/h3,5-6,11,15-16H,4,7-10,13H2,1-2H3;4H,2-3H2,1H3. The van der Waals surface area contributed by atoms with Crippen LogP contribution in [0.1, 0.15) is 51.6 Å². The molecular formula is C28H32N8O. The summed E-state index contributed by atoms with van der Waals surface area (Å²) in [6.45, 7) is 6.13. The van der Waals surface area contributed by atoms with Gasteiger partial charge in [0.1, 0.15) is 29.3 Å². The summed E-state index contributed by atoms with van der Waals surface area (Å²) in [5, 5.41) is 24.2. The zero-order valence-electron chi connectivity index (χ0n) is 21.7. The molecule has 0 radical (unpaired) electrons. The first-order valence-electron chi connectivity index (χ1n) is 13.0. The number of hydrogen-bond acceptors (Lipinski definition) is 7. The van der Waals surface area contributed by atoms with Crippen molar-refractivity contribution in [2.24, 2.45) is 18.4 Å². The molecule has 3 heterocycles. The average Bonchev–Trinajstić information content (AvgIpc) is 3.57. The number of carbonyl (C=O) groups excluding carboxylic acids is 1. The first-order chi connectivity index (χ1) is 17.9. The molecule has 1 aliphatic heterocycles. The van der Waals surface area contributed by atoms with E-state index in [4.69, 9.17) is 0 Å². The summed E-state index contributed by atoms with van der Waals surface area (Å²) >= 11 is 0. The predicted octanol–water partition coefficient (Wildman–Crippen LogP) is 4.05. The number of rotatable bonds is 3. The van der Waals surface area contributed by atoms with Crippen LogP contribution in [0.5, 0.6) is 0 Å². The van der Waals surface area contributed by atoms with Crippen LogP contribution in [0.3, 0.4) is 0 Å². The van der Waals surface area contributed by atoms with Gasteiger partial charge in [-0.1, -0.05) is 31.9 Å². The number of hydrogen-bond donors (Lipinski definition) is 0. The van der Waals surface area contributed by atoms with Crippen LogP contribution in [0, 0.1) is 34.0 Å². The lowest BCUT2D eigenvalue weighted by atomic mass is 9.68. The SMILES string of the molecule is CC1CC1.CC1CN(c2ncnc3c(-c4cc(C#N)n(C)n4)cccc23)CCN1C(=O)C1(C#N)CCC1. The van der Waals surface area contributed by atoms with E-state index in [0.29, 0.717) is 43.9 Å². The molecule has 6 rings (SSSR count). The molecule has 3 fully saturated rings. The second-order valence-corrected chi connectivity index (χ2v) is 10.6. The Hall–Kier alpha value is -3.98. The van der Waals surface area contributed by atoms with E-state index in [-0.39, 0.29) is 11.9 Å². The Bertz CT molecular complexity index is 1410. The Labute approximate surface area is 217 Å². The van der Waals surface area contributed by atoms with Gasteiger partial charge in [0, 0.05) is 49.7 Å². The molecule has 1 unspecified atom stereocenters. The van der Waals surface area contributed by atoms with Crippen LogP contribution in [0.2, 0.25) is 0 Å². The van der Waals surface area contributed by atoms with E-state index in [1.54, 1.807) is 24.1 Å². The zero-order chi connectivity index (χ0) is 26.2.